The van der Waals surface area contributed by atoms with Crippen molar-refractivity contribution in [1.29, 1.82) is 0 Å². The fourth-order valence-corrected chi connectivity index (χ4v) is 4.95. The molecular weight excluding hydrogens is 520 g/mol. The zero-order valence-electron chi connectivity index (χ0n) is 19.5. The lowest BCUT2D eigenvalue weighted by molar-refractivity contribution is -0.193. The first kappa shape index (κ1) is 30.3. The monoisotopic (exact) mass is 549 g/mol. The second kappa shape index (κ2) is 12.5. The van der Waals surface area contributed by atoms with Crippen molar-refractivity contribution in [3.8, 4) is 0 Å². The molecule has 3 heterocycles. The van der Waals surface area contributed by atoms with Crippen LogP contribution < -0.4 is 0 Å². The molecule has 0 unspecified atom stereocenters. The van der Waals surface area contributed by atoms with Gasteiger partial charge >= 0.3 is 24.3 Å². The number of aliphatic carboxylic acids is 2. The van der Waals surface area contributed by atoms with Crippen molar-refractivity contribution in [2.75, 3.05) is 46.4 Å². The maximum absolute atomic E-state index is 10.6. The maximum atomic E-state index is 10.6. The van der Waals surface area contributed by atoms with E-state index in [1.165, 1.54) is 50.4 Å². The van der Waals surface area contributed by atoms with Gasteiger partial charge in [-0.05, 0) is 38.8 Å². The van der Waals surface area contributed by atoms with Crippen molar-refractivity contribution in [3.63, 3.8) is 0 Å². The Kier molecular flexibility index (Phi) is 10.5. The van der Waals surface area contributed by atoms with E-state index in [1.54, 1.807) is 11.3 Å². The number of carboxylic acid groups (broad SMARTS) is 2. The molecule has 2 atom stereocenters. The third-order valence-corrected chi connectivity index (χ3v) is 6.91. The molecule has 206 valence electrons. The zero-order chi connectivity index (χ0) is 27.1. The highest BCUT2D eigenvalue weighted by molar-refractivity contribution is 7.09. The zero-order valence-corrected chi connectivity index (χ0v) is 20.3. The van der Waals surface area contributed by atoms with Crippen LogP contribution in [0.2, 0.25) is 0 Å². The molecule has 0 bridgehead atoms. The number of carbonyl (C=O) groups is 2. The number of halogens is 6. The summed E-state index contributed by atoms with van der Waals surface area (Å²) in [5.74, 6) is -3.93. The molecule has 15 heteroatoms. The summed E-state index contributed by atoms with van der Waals surface area (Å²) in [6, 6.07) is 0. The molecule has 0 amide bonds. The molecule has 0 radical (unpaired) electrons. The van der Waals surface area contributed by atoms with Gasteiger partial charge in [0, 0.05) is 49.2 Å². The molecule has 2 N–H and O–H groups in total. The summed E-state index contributed by atoms with van der Waals surface area (Å²) in [6.45, 7) is 7.86. The van der Waals surface area contributed by atoms with E-state index >= 15 is 0 Å². The third kappa shape index (κ3) is 9.82. The van der Waals surface area contributed by atoms with Gasteiger partial charge in [0.15, 0.2) is 0 Å². The van der Waals surface area contributed by atoms with E-state index in [0.717, 1.165) is 25.7 Å². The number of carboxylic acids is 2. The van der Waals surface area contributed by atoms with Crippen LogP contribution in [0.25, 0.3) is 0 Å². The lowest BCUT2D eigenvalue weighted by Gasteiger charge is -2.30. The first-order valence-electron chi connectivity index (χ1n) is 11.1. The lowest BCUT2D eigenvalue weighted by Crippen LogP contribution is -2.36. The Morgan fingerprint density at radius 2 is 1.69 bits per heavy atom. The molecule has 2 saturated heterocycles. The van der Waals surface area contributed by atoms with Crippen molar-refractivity contribution in [2.45, 2.75) is 38.2 Å². The molecule has 3 fully saturated rings. The molecular formula is C21H29F6N3O5S. The maximum Gasteiger partial charge on any atom is 0.490 e. The molecule has 1 saturated carbocycles. The van der Waals surface area contributed by atoms with E-state index < -0.39 is 24.3 Å². The normalized spacial score (nSPS) is 24.7. The standard InChI is InChI=1S/C17H27N3OS.2C2HF3O2/c1-19-8-15(11-21-10-14-2-3-14)17(12-19)4-6-20(13-17)9-16-18-5-7-22-16;2*3-2(4,5)1(6)7/h5,7,14-15H,2-4,6,8-13H2,1H3;2*(H,6,7)/t15-,17-;;/m1../s1. The van der Waals surface area contributed by atoms with Crippen molar-refractivity contribution in [2.24, 2.45) is 17.3 Å². The SMILES string of the molecule is CN1C[C@H](COCC2CC2)[C@]2(CCN(Cc3nccs3)C2)C1.O=C(O)C(F)(F)F.O=C(O)C(F)(F)F. The average Bonchev–Trinajstić information content (AvgIpc) is 3.13. The molecule has 3 aliphatic rings. The van der Waals surface area contributed by atoms with Crippen LogP contribution in [-0.4, -0.2) is 95.7 Å². The van der Waals surface area contributed by atoms with Crippen molar-refractivity contribution in [3.05, 3.63) is 16.6 Å². The van der Waals surface area contributed by atoms with E-state index in [-0.39, 0.29) is 0 Å². The minimum Gasteiger partial charge on any atom is -0.475 e. The minimum absolute atomic E-state index is 0.454. The van der Waals surface area contributed by atoms with Gasteiger partial charge in [-0.2, -0.15) is 26.3 Å². The van der Waals surface area contributed by atoms with Crippen molar-refractivity contribution < 1.29 is 50.9 Å². The summed E-state index contributed by atoms with van der Waals surface area (Å²) in [5.41, 5.74) is 0.454. The minimum atomic E-state index is -5.08. The largest absolute Gasteiger partial charge is 0.490 e. The molecule has 1 aromatic heterocycles. The van der Waals surface area contributed by atoms with Crippen molar-refractivity contribution >= 4 is 23.3 Å². The first-order chi connectivity index (χ1) is 16.6. The summed E-state index contributed by atoms with van der Waals surface area (Å²) in [5, 5.41) is 17.6. The number of thiazole rings is 1. The topological polar surface area (TPSA) is 103 Å². The van der Waals surface area contributed by atoms with Gasteiger partial charge in [0.05, 0.1) is 13.2 Å². The van der Waals surface area contributed by atoms with Crippen LogP contribution in [0, 0.1) is 17.3 Å². The molecule has 8 nitrogen and oxygen atoms in total. The van der Waals surface area contributed by atoms with Gasteiger partial charge in [-0.25, -0.2) is 14.6 Å². The van der Waals surface area contributed by atoms with Crippen LogP contribution in [0.3, 0.4) is 0 Å². The number of hydrogen-bond acceptors (Lipinski definition) is 7. The van der Waals surface area contributed by atoms with E-state index in [4.69, 9.17) is 24.5 Å². The van der Waals surface area contributed by atoms with Gasteiger partial charge in [0.1, 0.15) is 5.01 Å². The summed E-state index contributed by atoms with van der Waals surface area (Å²) in [7, 11) is 2.27. The number of rotatable bonds is 6. The van der Waals surface area contributed by atoms with Gasteiger partial charge in [0.2, 0.25) is 0 Å². The van der Waals surface area contributed by atoms with Crippen molar-refractivity contribution in [1.82, 2.24) is 14.8 Å². The quantitative estimate of drug-likeness (QED) is 0.520. The molecule has 1 aliphatic carbocycles. The van der Waals surface area contributed by atoms with Crippen LogP contribution in [0.5, 0.6) is 0 Å². The van der Waals surface area contributed by atoms with Gasteiger partial charge in [-0.3, -0.25) is 4.90 Å². The van der Waals surface area contributed by atoms with Crippen LogP contribution in [-0.2, 0) is 20.9 Å². The highest BCUT2D eigenvalue weighted by Gasteiger charge is 2.49. The number of aromatic nitrogens is 1. The van der Waals surface area contributed by atoms with Crippen LogP contribution in [0.1, 0.15) is 24.3 Å². The Balaban J connectivity index is 0.000000271. The average molecular weight is 550 g/mol. The molecule has 36 heavy (non-hydrogen) atoms. The second-order valence-corrected chi connectivity index (χ2v) is 10.2. The van der Waals surface area contributed by atoms with Crippen LogP contribution in [0.15, 0.2) is 11.6 Å². The number of hydrogen-bond donors (Lipinski definition) is 2. The Bertz CT molecular complexity index is 826. The van der Waals surface area contributed by atoms with E-state index in [1.807, 2.05) is 6.20 Å². The summed E-state index contributed by atoms with van der Waals surface area (Å²) >= 11 is 1.78. The molecule has 1 aromatic rings. The van der Waals surface area contributed by atoms with Crippen LogP contribution in [0.4, 0.5) is 26.3 Å². The van der Waals surface area contributed by atoms with Gasteiger partial charge < -0.3 is 19.8 Å². The smallest absolute Gasteiger partial charge is 0.475 e. The Morgan fingerprint density at radius 1 is 1.11 bits per heavy atom. The molecule has 1 spiro atoms. The first-order valence-corrected chi connectivity index (χ1v) is 12.0. The van der Waals surface area contributed by atoms with Crippen LogP contribution >= 0.6 is 11.3 Å². The summed E-state index contributed by atoms with van der Waals surface area (Å²) < 4.78 is 69.5. The fourth-order valence-electron chi connectivity index (χ4n) is 4.30. The van der Waals surface area contributed by atoms with Gasteiger partial charge in [-0.15, -0.1) is 11.3 Å². The number of alkyl halides is 6. The highest BCUT2D eigenvalue weighted by atomic mass is 32.1. The molecule has 0 aromatic carbocycles. The Morgan fingerprint density at radius 3 is 2.17 bits per heavy atom. The summed E-state index contributed by atoms with van der Waals surface area (Å²) in [6.07, 6.45) is -4.15. The number of ether oxygens (including phenoxy) is 1. The lowest BCUT2D eigenvalue weighted by atomic mass is 9.77. The van der Waals surface area contributed by atoms with E-state index in [2.05, 4.69) is 27.2 Å². The van der Waals surface area contributed by atoms with E-state index in [0.29, 0.717) is 11.3 Å². The predicted octanol–water partition coefficient (Wildman–Crippen LogP) is 3.59. The Labute approximate surface area is 207 Å². The molecule has 2 aliphatic heterocycles. The van der Waals surface area contributed by atoms with Gasteiger partial charge in [-0.1, -0.05) is 0 Å². The fraction of sp³-hybridized carbons (Fsp3) is 0.762. The molecule has 4 rings (SSSR count). The number of nitrogens with zero attached hydrogens (tertiary/aromatic N) is 3. The predicted molar refractivity (Wildman–Crippen MR) is 116 cm³/mol. The highest BCUT2D eigenvalue weighted by Crippen LogP contribution is 2.44. The number of likely N-dealkylation sites (tertiary alicyclic amines) is 2. The Hall–Kier alpha value is -1.97. The second-order valence-electron chi connectivity index (χ2n) is 9.23. The third-order valence-electron chi connectivity index (χ3n) is 6.14. The summed E-state index contributed by atoms with van der Waals surface area (Å²) in [4.78, 5) is 27.4. The van der Waals surface area contributed by atoms with Gasteiger partial charge in [0.25, 0.3) is 0 Å². The van der Waals surface area contributed by atoms with E-state index in [9.17, 15) is 26.3 Å².